The van der Waals surface area contributed by atoms with Crippen molar-refractivity contribution in [1.29, 1.82) is 0 Å². The van der Waals surface area contributed by atoms with Gasteiger partial charge in [0.2, 0.25) is 0 Å². The smallest absolute Gasteiger partial charge is 0.177 e. The van der Waals surface area contributed by atoms with Crippen molar-refractivity contribution in [2.24, 2.45) is 5.73 Å². The first kappa shape index (κ1) is 15.9. The summed E-state index contributed by atoms with van der Waals surface area (Å²) in [6, 6.07) is 8.59. The van der Waals surface area contributed by atoms with Crippen LogP contribution in [0.2, 0.25) is 0 Å². The van der Waals surface area contributed by atoms with Gasteiger partial charge in [-0.25, -0.2) is 9.50 Å². The van der Waals surface area contributed by atoms with Crippen LogP contribution in [0.4, 0.5) is 17.2 Å². The van der Waals surface area contributed by atoms with Gasteiger partial charge in [0.05, 0.1) is 5.69 Å². The van der Waals surface area contributed by atoms with Gasteiger partial charge >= 0.3 is 0 Å². The Morgan fingerprint density at radius 1 is 1.12 bits per heavy atom. The summed E-state index contributed by atoms with van der Waals surface area (Å²) in [7, 11) is 0. The summed E-state index contributed by atoms with van der Waals surface area (Å²) < 4.78 is 1.74. The quantitative estimate of drug-likeness (QED) is 0.682. The number of imidazole rings is 1. The minimum Gasteiger partial charge on any atom is -0.395 e. The third kappa shape index (κ3) is 3.05. The van der Waals surface area contributed by atoms with Gasteiger partial charge < -0.3 is 16.8 Å². The SMILES string of the molecule is Cc1ccc(Nc2nn3ccnc3c(N)c2C2CCC(N)CC2)cc1. The van der Waals surface area contributed by atoms with Crippen LogP contribution in [-0.2, 0) is 0 Å². The predicted octanol–water partition coefficient (Wildman–Crippen LogP) is 3.35. The van der Waals surface area contributed by atoms with Crippen molar-refractivity contribution in [2.45, 2.75) is 44.6 Å². The van der Waals surface area contributed by atoms with Crippen molar-refractivity contribution in [3.63, 3.8) is 0 Å². The molecule has 0 saturated heterocycles. The molecule has 4 rings (SSSR count). The number of nitrogen functional groups attached to an aromatic ring is 1. The molecule has 0 bridgehead atoms. The Morgan fingerprint density at radius 3 is 2.56 bits per heavy atom. The van der Waals surface area contributed by atoms with Crippen molar-refractivity contribution in [2.75, 3.05) is 11.1 Å². The molecule has 0 spiro atoms. The molecule has 0 unspecified atom stereocenters. The Kier molecular flexibility index (Phi) is 4.05. The highest BCUT2D eigenvalue weighted by atomic mass is 15.3. The van der Waals surface area contributed by atoms with E-state index in [1.807, 2.05) is 6.20 Å². The van der Waals surface area contributed by atoms with Crippen molar-refractivity contribution < 1.29 is 0 Å². The maximum absolute atomic E-state index is 6.51. The number of hydrogen-bond donors (Lipinski definition) is 3. The lowest BCUT2D eigenvalue weighted by Crippen LogP contribution is -2.26. The summed E-state index contributed by atoms with van der Waals surface area (Å²) >= 11 is 0. The molecular weight excluding hydrogens is 312 g/mol. The van der Waals surface area contributed by atoms with Crippen molar-refractivity contribution in [1.82, 2.24) is 14.6 Å². The summed E-state index contributed by atoms with van der Waals surface area (Å²) in [6.07, 6.45) is 7.67. The minimum atomic E-state index is 0.300. The Morgan fingerprint density at radius 2 is 1.84 bits per heavy atom. The van der Waals surface area contributed by atoms with E-state index in [2.05, 4.69) is 41.5 Å². The van der Waals surface area contributed by atoms with E-state index in [1.54, 1.807) is 10.7 Å². The van der Waals surface area contributed by atoms with Crippen molar-refractivity contribution >= 4 is 22.8 Å². The molecule has 1 aromatic carbocycles. The van der Waals surface area contributed by atoms with Gasteiger partial charge in [-0.3, -0.25) is 0 Å². The fourth-order valence-corrected chi connectivity index (χ4v) is 3.67. The molecule has 25 heavy (non-hydrogen) atoms. The highest BCUT2D eigenvalue weighted by Gasteiger charge is 2.26. The molecule has 2 aromatic heterocycles. The van der Waals surface area contributed by atoms with Crippen LogP contribution < -0.4 is 16.8 Å². The fraction of sp³-hybridized carbons (Fsp3) is 0.368. The molecule has 1 aliphatic carbocycles. The predicted molar refractivity (Wildman–Crippen MR) is 101 cm³/mol. The van der Waals surface area contributed by atoms with Crippen LogP contribution in [0.1, 0.15) is 42.7 Å². The largest absolute Gasteiger partial charge is 0.395 e. The zero-order chi connectivity index (χ0) is 17.4. The maximum atomic E-state index is 6.51. The molecule has 2 heterocycles. The lowest BCUT2D eigenvalue weighted by Gasteiger charge is -2.28. The lowest BCUT2D eigenvalue weighted by atomic mass is 9.81. The number of rotatable bonds is 3. The zero-order valence-electron chi connectivity index (χ0n) is 14.4. The third-order valence-corrected chi connectivity index (χ3v) is 5.11. The van der Waals surface area contributed by atoms with Gasteiger partial charge in [0.1, 0.15) is 0 Å². The van der Waals surface area contributed by atoms with E-state index in [0.29, 0.717) is 12.0 Å². The van der Waals surface area contributed by atoms with Gasteiger partial charge in [0.25, 0.3) is 0 Å². The third-order valence-electron chi connectivity index (χ3n) is 5.11. The molecule has 6 nitrogen and oxygen atoms in total. The lowest BCUT2D eigenvalue weighted by molar-refractivity contribution is 0.396. The van der Waals surface area contributed by atoms with Crippen LogP contribution in [0.15, 0.2) is 36.7 Å². The number of nitrogens with one attached hydrogen (secondary N) is 1. The summed E-state index contributed by atoms with van der Waals surface area (Å²) in [5.41, 5.74) is 17.3. The van der Waals surface area contributed by atoms with Gasteiger partial charge in [-0.15, -0.1) is 5.10 Å². The van der Waals surface area contributed by atoms with Crippen LogP contribution in [0.3, 0.4) is 0 Å². The van der Waals surface area contributed by atoms with Crippen molar-refractivity contribution in [3.05, 3.63) is 47.8 Å². The second-order valence-corrected chi connectivity index (χ2v) is 6.97. The van der Waals surface area contributed by atoms with Gasteiger partial charge in [-0.1, -0.05) is 17.7 Å². The molecule has 0 amide bonds. The summed E-state index contributed by atoms with van der Waals surface area (Å²) in [4.78, 5) is 4.37. The first-order valence-corrected chi connectivity index (χ1v) is 8.84. The molecule has 0 aliphatic heterocycles. The van der Waals surface area contributed by atoms with Crippen LogP contribution in [0, 0.1) is 6.92 Å². The van der Waals surface area contributed by atoms with E-state index in [9.17, 15) is 0 Å². The number of aromatic nitrogens is 3. The zero-order valence-corrected chi connectivity index (χ0v) is 14.4. The molecule has 1 saturated carbocycles. The fourth-order valence-electron chi connectivity index (χ4n) is 3.67. The van der Waals surface area contributed by atoms with Crippen LogP contribution in [0.25, 0.3) is 5.65 Å². The Balaban J connectivity index is 1.77. The van der Waals surface area contributed by atoms with Gasteiger partial charge in [0.15, 0.2) is 11.5 Å². The molecular formula is C19H24N6. The minimum absolute atomic E-state index is 0.300. The monoisotopic (exact) mass is 336 g/mol. The molecule has 0 atom stereocenters. The number of hydrogen-bond acceptors (Lipinski definition) is 5. The molecule has 6 heteroatoms. The normalized spacial score (nSPS) is 20.7. The Bertz CT molecular complexity index is 875. The second-order valence-electron chi connectivity index (χ2n) is 6.97. The molecule has 1 aliphatic rings. The number of anilines is 3. The summed E-state index contributed by atoms with van der Waals surface area (Å²) in [6.45, 7) is 2.08. The standard InChI is InChI=1S/C19H24N6/c1-12-2-8-15(9-3-12)23-18-16(13-4-6-14(20)7-5-13)17(21)19-22-10-11-25(19)24-18/h2-3,8-11,13-14H,4-7,20-21H2,1H3,(H,23,24). The first-order valence-electron chi connectivity index (χ1n) is 8.84. The van der Waals surface area contributed by atoms with Gasteiger partial charge in [0, 0.05) is 29.7 Å². The average molecular weight is 336 g/mol. The molecule has 5 N–H and O–H groups in total. The van der Waals surface area contributed by atoms with Gasteiger partial charge in [-0.2, -0.15) is 0 Å². The summed E-state index contributed by atoms with van der Waals surface area (Å²) in [5, 5.41) is 8.20. The van der Waals surface area contributed by atoms with E-state index >= 15 is 0 Å². The first-order chi connectivity index (χ1) is 12.1. The highest BCUT2D eigenvalue weighted by Crippen LogP contribution is 2.40. The second kappa shape index (κ2) is 6.37. The molecule has 1 fully saturated rings. The number of benzene rings is 1. The molecule has 0 radical (unpaired) electrons. The van der Waals surface area contributed by atoms with E-state index < -0.39 is 0 Å². The number of nitrogens with zero attached hydrogens (tertiary/aromatic N) is 3. The Hall–Kier alpha value is -2.60. The van der Waals surface area contributed by atoms with E-state index in [4.69, 9.17) is 16.6 Å². The van der Waals surface area contributed by atoms with Crippen LogP contribution in [-0.4, -0.2) is 20.6 Å². The van der Waals surface area contributed by atoms with E-state index in [1.165, 1.54) is 5.56 Å². The summed E-state index contributed by atoms with van der Waals surface area (Å²) in [5.74, 6) is 1.18. The van der Waals surface area contributed by atoms with Crippen molar-refractivity contribution in [3.8, 4) is 0 Å². The number of nitrogens with two attached hydrogens (primary N) is 2. The van der Waals surface area contributed by atoms with E-state index in [0.717, 1.165) is 54.1 Å². The number of aryl methyl sites for hydroxylation is 1. The average Bonchev–Trinajstić information content (AvgIpc) is 3.07. The Labute approximate surface area is 147 Å². The van der Waals surface area contributed by atoms with Gasteiger partial charge in [-0.05, 0) is 50.7 Å². The topological polar surface area (TPSA) is 94.3 Å². The molecule has 3 aromatic rings. The highest BCUT2D eigenvalue weighted by molar-refractivity contribution is 5.76. The molecule has 130 valence electrons. The van der Waals surface area contributed by atoms with E-state index in [-0.39, 0.29) is 0 Å². The van der Waals surface area contributed by atoms with Crippen LogP contribution >= 0.6 is 0 Å². The number of fused-ring (bicyclic) bond motifs is 1. The van der Waals surface area contributed by atoms with Crippen LogP contribution in [0.5, 0.6) is 0 Å². The maximum Gasteiger partial charge on any atom is 0.177 e.